The van der Waals surface area contributed by atoms with Crippen LogP contribution < -0.4 is 0 Å². The zero-order chi connectivity index (χ0) is 15.7. The van der Waals surface area contributed by atoms with Crippen LogP contribution in [0.2, 0.25) is 0 Å². The van der Waals surface area contributed by atoms with E-state index in [0.717, 1.165) is 24.8 Å². The first kappa shape index (κ1) is 17.6. The molecule has 0 amide bonds. The molecule has 0 aromatic rings. The smallest absolute Gasteiger partial charge is 0.183 e. The minimum absolute atomic E-state index is 0.0175. The summed E-state index contributed by atoms with van der Waals surface area (Å²) >= 11 is 0. The van der Waals surface area contributed by atoms with E-state index >= 15 is 0 Å². The van der Waals surface area contributed by atoms with Gasteiger partial charge in [0.15, 0.2) is 5.90 Å². The molecule has 0 saturated heterocycles. The minimum atomic E-state index is 0.0175. The van der Waals surface area contributed by atoms with Crippen molar-refractivity contribution in [2.45, 2.75) is 96.4 Å². The van der Waals surface area contributed by atoms with Gasteiger partial charge in [-0.1, -0.05) is 57.1 Å². The van der Waals surface area contributed by atoms with Crippen LogP contribution in [-0.4, -0.2) is 18.0 Å². The summed E-state index contributed by atoms with van der Waals surface area (Å²) in [5.74, 6) is 1.90. The molecule has 1 aliphatic heterocycles. The molecular weight excluding hydrogens is 270 g/mol. The summed E-state index contributed by atoms with van der Waals surface area (Å²) in [4.78, 5) is 4.61. The predicted octanol–water partition coefficient (Wildman–Crippen LogP) is 6.06. The first-order chi connectivity index (χ1) is 10.7. The van der Waals surface area contributed by atoms with Crippen LogP contribution in [0.5, 0.6) is 0 Å². The van der Waals surface area contributed by atoms with Crippen molar-refractivity contribution < 1.29 is 4.74 Å². The van der Waals surface area contributed by atoms with E-state index in [-0.39, 0.29) is 5.54 Å². The zero-order valence-electron chi connectivity index (χ0n) is 14.8. The first-order valence-electron chi connectivity index (χ1n) is 9.54. The Morgan fingerprint density at radius 1 is 1.05 bits per heavy atom. The van der Waals surface area contributed by atoms with Crippen molar-refractivity contribution in [3.63, 3.8) is 0 Å². The molecular formula is C20H35NO. The first-order valence-corrected chi connectivity index (χ1v) is 9.54. The Morgan fingerprint density at radius 2 is 1.73 bits per heavy atom. The third-order valence-corrected chi connectivity index (χ3v) is 4.85. The van der Waals surface area contributed by atoms with E-state index in [2.05, 4.69) is 31.0 Å². The van der Waals surface area contributed by atoms with Crippen molar-refractivity contribution in [1.29, 1.82) is 0 Å². The normalized spacial score (nSPS) is 22.8. The summed E-state index contributed by atoms with van der Waals surface area (Å²) < 4.78 is 5.63. The predicted molar refractivity (Wildman–Crippen MR) is 95.5 cm³/mol. The van der Waals surface area contributed by atoms with Gasteiger partial charge in [0.05, 0.1) is 5.54 Å². The molecule has 2 nitrogen and oxygen atoms in total. The third-order valence-electron chi connectivity index (χ3n) is 4.85. The van der Waals surface area contributed by atoms with Crippen molar-refractivity contribution in [2.75, 3.05) is 6.61 Å². The third kappa shape index (κ3) is 6.98. The molecule has 1 unspecified atom stereocenters. The topological polar surface area (TPSA) is 21.6 Å². The van der Waals surface area contributed by atoms with E-state index in [9.17, 15) is 0 Å². The SMILES string of the molecule is CC1(C)COC(CCCCCCCCCCC2C=CCC2)=N1. The molecule has 0 aromatic carbocycles. The van der Waals surface area contributed by atoms with Gasteiger partial charge in [-0.25, -0.2) is 4.99 Å². The number of nitrogens with zero attached hydrogens (tertiary/aromatic N) is 1. The molecule has 0 N–H and O–H groups in total. The lowest BCUT2D eigenvalue weighted by Gasteiger charge is -2.07. The van der Waals surface area contributed by atoms with Gasteiger partial charge in [-0.2, -0.15) is 0 Å². The molecule has 0 saturated carbocycles. The summed E-state index contributed by atoms with van der Waals surface area (Å²) in [5, 5.41) is 0. The van der Waals surface area contributed by atoms with Gasteiger partial charge in [0.25, 0.3) is 0 Å². The van der Waals surface area contributed by atoms with Crippen molar-refractivity contribution in [3.05, 3.63) is 12.2 Å². The van der Waals surface area contributed by atoms with Crippen LogP contribution >= 0.6 is 0 Å². The standard InChI is InChI=1S/C20H35NO/c1-20(2)17-22-19(21-20)16-10-8-6-4-3-5-7-9-13-18-14-11-12-15-18/h11,14,18H,3-10,12-13,15-17H2,1-2H3. The average molecular weight is 306 g/mol. The van der Waals surface area contributed by atoms with Gasteiger partial charge < -0.3 is 4.74 Å². The fraction of sp³-hybridized carbons (Fsp3) is 0.850. The van der Waals surface area contributed by atoms with Gasteiger partial charge in [-0.3, -0.25) is 0 Å². The van der Waals surface area contributed by atoms with E-state index in [0.29, 0.717) is 0 Å². The summed E-state index contributed by atoms with van der Waals surface area (Å²) in [7, 11) is 0. The number of ether oxygens (including phenoxy) is 1. The highest BCUT2D eigenvalue weighted by atomic mass is 16.5. The quantitative estimate of drug-likeness (QED) is 0.336. The Bertz CT molecular complexity index is 370. The monoisotopic (exact) mass is 305 g/mol. The molecule has 0 fully saturated rings. The highest BCUT2D eigenvalue weighted by molar-refractivity contribution is 5.78. The largest absolute Gasteiger partial charge is 0.478 e. The Labute approximate surface area is 137 Å². The minimum Gasteiger partial charge on any atom is -0.478 e. The average Bonchev–Trinajstić information content (AvgIpc) is 3.10. The number of allylic oxidation sites excluding steroid dienone is 2. The van der Waals surface area contributed by atoms with Gasteiger partial charge >= 0.3 is 0 Å². The van der Waals surface area contributed by atoms with Crippen LogP contribution in [0.4, 0.5) is 0 Å². The van der Waals surface area contributed by atoms with Gasteiger partial charge in [0.2, 0.25) is 0 Å². The number of aliphatic imine (C=N–C) groups is 1. The van der Waals surface area contributed by atoms with E-state index in [1.54, 1.807) is 0 Å². The molecule has 1 atom stereocenters. The highest BCUT2D eigenvalue weighted by Gasteiger charge is 2.25. The summed E-state index contributed by atoms with van der Waals surface area (Å²) in [6.45, 7) is 5.05. The molecule has 2 rings (SSSR count). The summed E-state index contributed by atoms with van der Waals surface area (Å²) in [5.41, 5.74) is 0.0175. The molecule has 2 heteroatoms. The highest BCUT2D eigenvalue weighted by Crippen LogP contribution is 2.23. The fourth-order valence-corrected chi connectivity index (χ4v) is 3.47. The summed E-state index contributed by atoms with van der Waals surface area (Å²) in [6.07, 6.45) is 21.0. The Balaban J connectivity index is 1.34. The molecule has 22 heavy (non-hydrogen) atoms. The lowest BCUT2D eigenvalue weighted by Crippen LogP contribution is -2.17. The molecule has 1 heterocycles. The van der Waals surface area contributed by atoms with Crippen LogP contribution in [0, 0.1) is 5.92 Å². The maximum Gasteiger partial charge on any atom is 0.183 e. The maximum atomic E-state index is 5.63. The summed E-state index contributed by atoms with van der Waals surface area (Å²) in [6, 6.07) is 0. The zero-order valence-corrected chi connectivity index (χ0v) is 14.8. The lowest BCUT2D eigenvalue weighted by molar-refractivity contribution is 0.273. The van der Waals surface area contributed by atoms with Crippen LogP contribution in [0.15, 0.2) is 17.1 Å². The number of unbranched alkanes of at least 4 members (excludes halogenated alkanes) is 7. The molecule has 0 aromatic heterocycles. The lowest BCUT2D eigenvalue weighted by atomic mass is 9.99. The second kappa shape index (κ2) is 9.37. The van der Waals surface area contributed by atoms with E-state index in [4.69, 9.17) is 4.74 Å². The maximum absolute atomic E-state index is 5.63. The molecule has 2 aliphatic rings. The van der Waals surface area contributed by atoms with Gasteiger partial charge in [0.1, 0.15) is 6.61 Å². The van der Waals surface area contributed by atoms with Gasteiger partial charge in [0, 0.05) is 6.42 Å². The number of rotatable bonds is 11. The van der Waals surface area contributed by atoms with E-state index in [1.807, 2.05) is 0 Å². The second-order valence-electron chi connectivity index (χ2n) is 7.74. The Kier molecular flexibility index (Phi) is 7.48. The molecule has 0 bridgehead atoms. The fourth-order valence-electron chi connectivity index (χ4n) is 3.47. The number of hydrogen-bond acceptors (Lipinski definition) is 2. The van der Waals surface area contributed by atoms with Crippen LogP contribution in [0.3, 0.4) is 0 Å². The number of hydrogen-bond donors (Lipinski definition) is 0. The Hall–Kier alpha value is -0.790. The van der Waals surface area contributed by atoms with Crippen LogP contribution in [0.25, 0.3) is 0 Å². The Morgan fingerprint density at radius 3 is 2.32 bits per heavy atom. The van der Waals surface area contributed by atoms with Gasteiger partial charge in [-0.05, 0) is 45.4 Å². The second-order valence-corrected chi connectivity index (χ2v) is 7.74. The van der Waals surface area contributed by atoms with Crippen molar-refractivity contribution in [1.82, 2.24) is 0 Å². The molecule has 0 radical (unpaired) electrons. The van der Waals surface area contributed by atoms with Crippen LogP contribution in [-0.2, 0) is 4.74 Å². The van der Waals surface area contributed by atoms with E-state index < -0.39 is 0 Å². The molecule has 126 valence electrons. The van der Waals surface area contributed by atoms with Crippen molar-refractivity contribution in [3.8, 4) is 0 Å². The molecule has 1 aliphatic carbocycles. The van der Waals surface area contributed by atoms with E-state index in [1.165, 1.54) is 70.6 Å². The molecule has 0 spiro atoms. The van der Waals surface area contributed by atoms with Gasteiger partial charge in [-0.15, -0.1) is 0 Å². The van der Waals surface area contributed by atoms with Crippen molar-refractivity contribution in [2.24, 2.45) is 10.9 Å². The van der Waals surface area contributed by atoms with Crippen LogP contribution in [0.1, 0.15) is 90.9 Å². The van der Waals surface area contributed by atoms with Crippen molar-refractivity contribution >= 4 is 5.90 Å².